The first-order valence-electron chi connectivity index (χ1n) is 8.88. The monoisotopic (exact) mass is 357 g/mol. The molecule has 1 aliphatic heterocycles. The van der Waals surface area contributed by atoms with E-state index in [1.807, 2.05) is 6.92 Å². The van der Waals surface area contributed by atoms with Crippen LogP contribution >= 0.6 is 0 Å². The number of Topliss-reactive ketones (excluding diaryl/α,β-unsaturated/α-hetero) is 1. The van der Waals surface area contributed by atoms with Crippen molar-refractivity contribution in [2.45, 2.75) is 45.1 Å². The summed E-state index contributed by atoms with van der Waals surface area (Å²) in [5.41, 5.74) is 0.191. The number of carbonyl (C=O) groups is 4. The first kappa shape index (κ1) is 18.1. The highest BCUT2D eigenvalue weighted by Crippen LogP contribution is 2.38. The molecular weight excluding hydrogens is 334 g/mol. The maximum atomic E-state index is 12.8. The summed E-state index contributed by atoms with van der Waals surface area (Å²) >= 11 is 0. The zero-order chi connectivity index (χ0) is 18.9. The van der Waals surface area contributed by atoms with E-state index < -0.39 is 17.5 Å². The number of anilines is 1. The van der Waals surface area contributed by atoms with Crippen LogP contribution in [0.1, 0.15) is 49.9 Å². The number of carbonyl (C=O) groups excluding carboxylic acids is 4. The van der Waals surface area contributed by atoms with Gasteiger partial charge in [-0.05, 0) is 49.9 Å². The minimum Gasteiger partial charge on any atom is -0.325 e. The van der Waals surface area contributed by atoms with Gasteiger partial charge in [-0.2, -0.15) is 0 Å². The Labute approximate surface area is 152 Å². The van der Waals surface area contributed by atoms with Gasteiger partial charge in [0.15, 0.2) is 5.78 Å². The van der Waals surface area contributed by atoms with E-state index in [9.17, 15) is 19.2 Å². The molecule has 1 spiro atoms. The van der Waals surface area contributed by atoms with Gasteiger partial charge in [0, 0.05) is 11.3 Å². The van der Waals surface area contributed by atoms with E-state index in [0.717, 1.165) is 24.2 Å². The third-order valence-corrected chi connectivity index (χ3v) is 5.38. The molecule has 7 heteroatoms. The van der Waals surface area contributed by atoms with Gasteiger partial charge < -0.3 is 10.6 Å². The van der Waals surface area contributed by atoms with Gasteiger partial charge in [0.25, 0.3) is 5.91 Å². The third kappa shape index (κ3) is 3.21. The van der Waals surface area contributed by atoms with Crippen LogP contribution in [0.3, 0.4) is 0 Å². The topological polar surface area (TPSA) is 95.6 Å². The van der Waals surface area contributed by atoms with E-state index in [1.165, 1.54) is 6.92 Å². The summed E-state index contributed by atoms with van der Waals surface area (Å²) in [7, 11) is 0. The van der Waals surface area contributed by atoms with Crippen molar-refractivity contribution < 1.29 is 19.2 Å². The van der Waals surface area contributed by atoms with Gasteiger partial charge >= 0.3 is 6.03 Å². The number of rotatable bonds is 4. The largest absolute Gasteiger partial charge is 0.325 e. The van der Waals surface area contributed by atoms with E-state index in [0.29, 0.717) is 17.7 Å². The summed E-state index contributed by atoms with van der Waals surface area (Å²) in [5, 5.41) is 5.48. The molecule has 0 radical (unpaired) electrons. The fraction of sp³-hybridized carbons (Fsp3) is 0.474. The van der Waals surface area contributed by atoms with Gasteiger partial charge in [0.1, 0.15) is 12.1 Å². The molecular formula is C19H23N3O4. The number of amides is 4. The molecule has 1 aliphatic carbocycles. The molecule has 26 heavy (non-hydrogen) atoms. The lowest BCUT2D eigenvalue weighted by Gasteiger charge is -2.36. The van der Waals surface area contributed by atoms with Crippen LogP contribution in [0.5, 0.6) is 0 Å². The number of urea groups is 1. The SMILES string of the molecule is CC(=O)c1ccc(NC(=O)CN2C(=O)NC3(CCCCC3C)C2=O)cc1. The summed E-state index contributed by atoms with van der Waals surface area (Å²) in [4.78, 5) is 49.7. The summed E-state index contributed by atoms with van der Waals surface area (Å²) in [6, 6.07) is 5.95. The minimum absolute atomic E-state index is 0.0555. The lowest BCUT2D eigenvalue weighted by atomic mass is 9.73. The molecule has 1 heterocycles. The average Bonchev–Trinajstić information content (AvgIpc) is 2.83. The van der Waals surface area contributed by atoms with Crippen molar-refractivity contribution >= 4 is 29.3 Å². The van der Waals surface area contributed by atoms with Crippen LogP contribution in [-0.2, 0) is 9.59 Å². The van der Waals surface area contributed by atoms with Crippen molar-refractivity contribution in [2.24, 2.45) is 5.92 Å². The van der Waals surface area contributed by atoms with Crippen LogP contribution in [0.2, 0.25) is 0 Å². The van der Waals surface area contributed by atoms with Crippen molar-refractivity contribution in [3.05, 3.63) is 29.8 Å². The molecule has 4 amide bonds. The number of hydrogen-bond acceptors (Lipinski definition) is 4. The molecule has 2 fully saturated rings. The number of nitrogens with zero attached hydrogens (tertiary/aromatic N) is 1. The highest BCUT2D eigenvalue weighted by Gasteiger charge is 2.55. The summed E-state index contributed by atoms with van der Waals surface area (Å²) in [6.07, 6.45) is 3.43. The van der Waals surface area contributed by atoms with Crippen LogP contribution in [0.25, 0.3) is 0 Å². The Morgan fingerprint density at radius 3 is 2.54 bits per heavy atom. The predicted octanol–water partition coefficient (Wildman–Crippen LogP) is 2.33. The number of imide groups is 1. The fourth-order valence-electron chi connectivity index (χ4n) is 3.77. The standard InChI is InChI=1S/C19H23N3O4/c1-12-5-3-4-10-19(12)17(25)22(18(26)21-19)11-16(24)20-15-8-6-14(7-9-15)13(2)23/h6-9,12H,3-5,10-11H2,1-2H3,(H,20,24)(H,21,26). The molecule has 1 saturated heterocycles. The smallest absolute Gasteiger partial charge is 0.325 e. The van der Waals surface area contributed by atoms with Crippen LogP contribution in [0.15, 0.2) is 24.3 Å². The first-order valence-corrected chi connectivity index (χ1v) is 8.88. The summed E-state index contributed by atoms with van der Waals surface area (Å²) in [5.74, 6) is -0.768. The van der Waals surface area contributed by atoms with E-state index in [1.54, 1.807) is 24.3 Å². The molecule has 3 rings (SSSR count). The van der Waals surface area contributed by atoms with Gasteiger partial charge in [-0.25, -0.2) is 4.79 Å². The van der Waals surface area contributed by atoms with E-state index in [2.05, 4.69) is 10.6 Å². The molecule has 1 aromatic carbocycles. The zero-order valence-electron chi connectivity index (χ0n) is 15.0. The number of benzene rings is 1. The molecule has 138 valence electrons. The Balaban J connectivity index is 1.66. The molecule has 2 aliphatic rings. The van der Waals surface area contributed by atoms with Gasteiger partial charge in [-0.3, -0.25) is 19.3 Å². The van der Waals surface area contributed by atoms with E-state index in [4.69, 9.17) is 0 Å². The molecule has 0 bridgehead atoms. The molecule has 2 unspecified atom stereocenters. The fourth-order valence-corrected chi connectivity index (χ4v) is 3.77. The lowest BCUT2D eigenvalue weighted by Crippen LogP contribution is -2.54. The second-order valence-corrected chi connectivity index (χ2v) is 7.12. The Kier molecular flexibility index (Phi) is 4.80. The quantitative estimate of drug-likeness (QED) is 0.638. The maximum Gasteiger partial charge on any atom is 0.325 e. The van der Waals surface area contributed by atoms with Crippen LogP contribution < -0.4 is 10.6 Å². The second kappa shape index (κ2) is 6.90. The van der Waals surface area contributed by atoms with Crippen molar-refractivity contribution in [1.82, 2.24) is 10.2 Å². The molecule has 7 nitrogen and oxygen atoms in total. The normalized spacial score (nSPS) is 25.3. The van der Waals surface area contributed by atoms with Crippen molar-refractivity contribution in [2.75, 3.05) is 11.9 Å². The first-order chi connectivity index (χ1) is 12.3. The summed E-state index contributed by atoms with van der Waals surface area (Å²) < 4.78 is 0. The van der Waals surface area contributed by atoms with Crippen molar-refractivity contribution in [3.63, 3.8) is 0 Å². The Hall–Kier alpha value is -2.70. The van der Waals surface area contributed by atoms with Crippen LogP contribution in [-0.4, -0.2) is 40.6 Å². The average molecular weight is 357 g/mol. The minimum atomic E-state index is -0.862. The van der Waals surface area contributed by atoms with Gasteiger partial charge in [0.2, 0.25) is 5.91 Å². The second-order valence-electron chi connectivity index (χ2n) is 7.12. The predicted molar refractivity (Wildman–Crippen MR) is 95.7 cm³/mol. The molecule has 1 aromatic rings. The summed E-state index contributed by atoms with van der Waals surface area (Å²) in [6.45, 7) is 3.11. The van der Waals surface area contributed by atoms with Crippen LogP contribution in [0.4, 0.5) is 10.5 Å². The number of nitrogens with one attached hydrogen (secondary N) is 2. The zero-order valence-corrected chi connectivity index (χ0v) is 15.0. The Morgan fingerprint density at radius 2 is 1.92 bits per heavy atom. The van der Waals surface area contributed by atoms with Gasteiger partial charge in [0.05, 0.1) is 0 Å². The maximum absolute atomic E-state index is 12.8. The van der Waals surface area contributed by atoms with E-state index >= 15 is 0 Å². The number of hydrogen-bond donors (Lipinski definition) is 2. The molecule has 0 aromatic heterocycles. The molecule has 2 N–H and O–H groups in total. The lowest BCUT2D eigenvalue weighted by molar-refractivity contribution is -0.136. The van der Waals surface area contributed by atoms with Crippen molar-refractivity contribution in [1.29, 1.82) is 0 Å². The van der Waals surface area contributed by atoms with Gasteiger partial charge in [-0.1, -0.05) is 19.8 Å². The highest BCUT2D eigenvalue weighted by atomic mass is 16.2. The van der Waals surface area contributed by atoms with E-state index in [-0.39, 0.29) is 24.2 Å². The number of ketones is 1. The Morgan fingerprint density at radius 1 is 1.23 bits per heavy atom. The Bertz CT molecular complexity index is 759. The van der Waals surface area contributed by atoms with Crippen LogP contribution in [0, 0.1) is 5.92 Å². The molecule has 1 saturated carbocycles. The van der Waals surface area contributed by atoms with Gasteiger partial charge in [-0.15, -0.1) is 0 Å². The highest BCUT2D eigenvalue weighted by molar-refractivity contribution is 6.10. The van der Waals surface area contributed by atoms with Crippen molar-refractivity contribution in [3.8, 4) is 0 Å². The third-order valence-electron chi connectivity index (χ3n) is 5.38. The molecule has 2 atom stereocenters.